The van der Waals surface area contributed by atoms with Gasteiger partial charge >= 0.3 is 33.4 Å². The molecule has 0 aliphatic carbocycles. The van der Waals surface area contributed by atoms with Crippen molar-refractivity contribution in [3.05, 3.63) is 48.5 Å². The zero-order valence-electron chi connectivity index (χ0n) is 14.6. The van der Waals surface area contributed by atoms with Crippen LogP contribution >= 0.6 is 12.6 Å². The molecule has 174 valence electrons. The van der Waals surface area contributed by atoms with Crippen LogP contribution in [0.25, 0.3) is 11.1 Å². The lowest BCUT2D eigenvalue weighted by molar-refractivity contribution is -0.382. The van der Waals surface area contributed by atoms with Crippen LogP contribution in [0, 0.1) is 0 Å². The molecule has 31 heavy (non-hydrogen) atoms. The molecule has 0 heterocycles. The van der Waals surface area contributed by atoms with Crippen molar-refractivity contribution in [2.75, 3.05) is 0 Å². The first-order valence-electron chi connectivity index (χ1n) is 7.52. The number of hydrogen-bond acceptors (Lipinski definition) is 4. The van der Waals surface area contributed by atoms with Gasteiger partial charge in [0.05, 0.1) is 0 Å². The number of thiol groups is 1. The summed E-state index contributed by atoms with van der Waals surface area (Å²) in [4.78, 5) is 0.943. The number of hydrogen-bond donors (Lipinski definition) is 3. The Morgan fingerprint density at radius 3 is 1.58 bits per heavy atom. The fourth-order valence-corrected chi connectivity index (χ4v) is 2.62. The number of aromatic hydroxyl groups is 1. The molecular formula is C16H11F9O4S2. The number of phenols is 1. The number of benzene rings is 2. The topological polar surface area (TPSA) is 74.6 Å². The van der Waals surface area contributed by atoms with E-state index in [4.69, 9.17) is 9.66 Å². The van der Waals surface area contributed by atoms with Crippen LogP contribution in [-0.2, 0) is 10.1 Å². The van der Waals surface area contributed by atoms with E-state index in [1.54, 1.807) is 12.1 Å². The van der Waals surface area contributed by atoms with E-state index in [9.17, 15) is 47.9 Å². The van der Waals surface area contributed by atoms with Crippen LogP contribution in [0.2, 0.25) is 0 Å². The van der Waals surface area contributed by atoms with Gasteiger partial charge in [-0.05, 0) is 29.3 Å². The van der Waals surface area contributed by atoms with Crippen LogP contribution in [0.1, 0.15) is 0 Å². The maximum Gasteiger partial charge on any atom is 0.460 e. The lowest BCUT2D eigenvalue weighted by atomic mass is 10.1. The molecule has 0 amide bonds. The minimum absolute atomic E-state index is 0.283. The average molecular weight is 502 g/mol. The van der Waals surface area contributed by atoms with Gasteiger partial charge in [0, 0.05) is 4.90 Å². The van der Waals surface area contributed by atoms with E-state index < -0.39 is 33.4 Å². The minimum Gasteiger partial charge on any atom is -0.508 e. The lowest BCUT2D eigenvalue weighted by Gasteiger charge is -2.31. The Labute approximate surface area is 174 Å². The summed E-state index contributed by atoms with van der Waals surface area (Å²) in [5.41, 5.74) is 2.14. The fourth-order valence-electron chi connectivity index (χ4n) is 1.88. The Hall–Kier alpha value is -2.13. The zero-order valence-corrected chi connectivity index (χ0v) is 16.3. The number of phenolic OH excluding ortho intramolecular Hbond substituents is 1. The third-order valence-corrected chi connectivity index (χ3v) is 4.82. The van der Waals surface area contributed by atoms with Crippen LogP contribution in [0.3, 0.4) is 0 Å². The quantitative estimate of drug-likeness (QED) is 0.287. The van der Waals surface area contributed by atoms with E-state index in [1.807, 2.05) is 36.4 Å². The normalized spacial score (nSPS) is 13.4. The third kappa shape index (κ3) is 5.38. The Morgan fingerprint density at radius 1 is 0.742 bits per heavy atom. The molecule has 15 heteroatoms. The number of alkyl halides is 9. The highest BCUT2D eigenvalue weighted by Gasteiger charge is 2.85. The van der Waals surface area contributed by atoms with Crippen LogP contribution < -0.4 is 0 Å². The van der Waals surface area contributed by atoms with Gasteiger partial charge in [0.15, 0.2) is 0 Å². The Kier molecular flexibility index (Phi) is 7.62. The second-order valence-electron chi connectivity index (χ2n) is 5.70. The second-order valence-corrected chi connectivity index (χ2v) is 7.65. The Bertz CT molecular complexity index is 1000. The van der Waals surface area contributed by atoms with Gasteiger partial charge in [0.25, 0.3) is 0 Å². The molecule has 2 rings (SSSR count). The molecule has 0 atom stereocenters. The maximum absolute atomic E-state index is 12.2. The van der Waals surface area contributed by atoms with Crippen molar-refractivity contribution in [3.63, 3.8) is 0 Å². The summed E-state index contributed by atoms with van der Waals surface area (Å²) in [7, 11) is -7.17. The minimum atomic E-state index is -7.37. The lowest BCUT2D eigenvalue weighted by Crippen LogP contribution is -2.63. The van der Waals surface area contributed by atoms with E-state index in [2.05, 4.69) is 12.6 Å². The van der Waals surface area contributed by atoms with Crippen molar-refractivity contribution in [2.45, 2.75) is 28.2 Å². The summed E-state index contributed by atoms with van der Waals surface area (Å²) in [5, 5.41) is 2.15. The largest absolute Gasteiger partial charge is 0.508 e. The standard InChI is InChI=1S/C12H10OS.C4HF9O3S/c13-10-7-5-9(6-8-10)11-3-1-2-4-12(11)14;5-1(6,3(9,10)11)2(7,8)4(12,13)17(14,15)16/h1-8,13-14H;(H,14,15,16). The van der Waals surface area contributed by atoms with E-state index in [-0.39, 0.29) is 5.75 Å². The van der Waals surface area contributed by atoms with Gasteiger partial charge in [-0.15, -0.1) is 12.6 Å². The van der Waals surface area contributed by atoms with Crippen molar-refractivity contribution in [1.29, 1.82) is 0 Å². The van der Waals surface area contributed by atoms with E-state index >= 15 is 0 Å². The molecule has 0 radical (unpaired) electrons. The molecule has 0 saturated heterocycles. The average Bonchev–Trinajstić information content (AvgIpc) is 2.61. The maximum atomic E-state index is 12.2. The zero-order chi connectivity index (χ0) is 24.5. The van der Waals surface area contributed by atoms with Crippen LogP contribution in [0.5, 0.6) is 5.75 Å². The summed E-state index contributed by atoms with van der Waals surface area (Å²) >= 11 is 4.37. The molecule has 0 bridgehead atoms. The van der Waals surface area contributed by atoms with Crippen molar-refractivity contribution >= 4 is 22.7 Å². The molecule has 0 fully saturated rings. The van der Waals surface area contributed by atoms with Crippen molar-refractivity contribution in [2.24, 2.45) is 0 Å². The summed E-state index contributed by atoms with van der Waals surface area (Å²) in [6, 6.07) is 15.0. The first kappa shape index (κ1) is 26.9. The molecule has 2 aromatic carbocycles. The van der Waals surface area contributed by atoms with E-state index in [0.717, 1.165) is 16.0 Å². The molecule has 0 aromatic heterocycles. The summed E-state index contributed by atoms with van der Waals surface area (Å²) in [5.74, 6) is -14.4. The Balaban J connectivity index is 0.000000314. The molecule has 0 aliphatic heterocycles. The molecule has 0 spiro atoms. The molecule has 0 saturated carbocycles. The summed E-state index contributed by atoms with van der Waals surface area (Å²) < 4.78 is 134. The highest BCUT2D eigenvalue weighted by atomic mass is 32.2. The van der Waals surface area contributed by atoms with Gasteiger partial charge in [-0.25, -0.2) is 0 Å². The molecule has 4 nitrogen and oxygen atoms in total. The highest BCUT2D eigenvalue weighted by molar-refractivity contribution is 7.87. The van der Waals surface area contributed by atoms with Crippen molar-refractivity contribution < 1.29 is 57.6 Å². The van der Waals surface area contributed by atoms with Gasteiger partial charge in [0.2, 0.25) is 0 Å². The van der Waals surface area contributed by atoms with Crippen LogP contribution in [0.15, 0.2) is 53.4 Å². The van der Waals surface area contributed by atoms with Crippen molar-refractivity contribution in [1.82, 2.24) is 0 Å². The van der Waals surface area contributed by atoms with Crippen molar-refractivity contribution in [3.8, 4) is 16.9 Å². The molecule has 2 N–H and O–H groups in total. The van der Waals surface area contributed by atoms with Gasteiger partial charge in [-0.2, -0.15) is 47.9 Å². The van der Waals surface area contributed by atoms with Crippen LogP contribution in [-0.4, -0.2) is 41.4 Å². The predicted molar refractivity (Wildman–Crippen MR) is 93.2 cm³/mol. The van der Waals surface area contributed by atoms with E-state index in [0.29, 0.717) is 0 Å². The van der Waals surface area contributed by atoms with E-state index in [1.165, 1.54) is 0 Å². The first-order chi connectivity index (χ1) is 13.8. The highest BCUT2D eigenvalue weighted by Crippen LogP contribution is 2.54. The molecule has 0 unspecified atom stereocenters. The third-order valence-electron chi connectivity index (χ3n) is 3.52. The second kappa shape index (κ2) is 8.78. The first-order valence-corrected chi connectivity index (χ1v) is 9.40. The number of halogens is 9. The van der Waals surface area contributed by atoms with Gasteiger partial charge < -0.3 is 5.11 Å². The monoisotopic (exact) mass is 502 g/mol. The van der Waals surface area contributed by atoms with Crippen LogP contribution in [0.4, 0.5) is 39.5 Å². The fraction of sp³-hybridized carbons (Fsp3) is 0.250. The smallest absolute Gasteiger partial charge is 0.460 e. The molecular weight excluding hydrogens is 491 g/mol. The SMILES string of the molecule is O=S(=O)(O)C(F)(F)C(F)(F)C(F)(F)C(F)(F)F.Oc1ccc(-c2ccccc2S)cc1. The van der Waals surface area contributed by atoms with Gasteiger partial charge in [-0.1, -0.05) is 30.3 Å². The molecule has 0 aliphatic rings. The molecule has 2 aromatic rings. The number of rotatable bonds is 4. The summed E-state index contributed by atoms with van der Waals surface area (Å²) in [6.07, 6.45) is -7.13. The Morgan fingerprint density at radius 2 is 1.19 bits per heavy atom. The van der Waals surface area contributed by atoms with Gasteiger partial charge in [-0.3, -0.25) is 4.55 Å². The van der Waals surface area contributed by atoms with Gasteiger partial charge in [0.1, 0.15) is 5.75 Å². The predicted octanol–water partition coefficient (Wildman–Crippen LogP) is 5.65. The summed E-state index contributed by atoms with van der Waals surface area (Å²) in [6.45, 7) is 0.